The highest BCUT2D eigenvalue weighted by molar-refractivity contribution is 14.1. The van der Waals surface area contributed by atoms with Crippen LogP contribution < -0.4 is 4.72 Å². The van der Waals surface area contributed by atoms with Gasteiger partial charge >= 0.3 is 0 Å². The highest BCUT2D eigenvalue weighted by Crippen LogP contribution is 2.19. The number of nitrogens with zero attached hydrogens (tertiary/aromatic N) is 1. The van der Waals surface area contributed by atoms with Crippen molar-refractivity contribution < 1.29 is 8.42 Å². The third-order valence-electron chi connectivity index (χ3n) is 2.21. The number of aromatic amines is 1. The molecule has 0 bridgehead atoms. The molecule has 0 saturated heterocycles. The number of aryl methyl sites for hydroxylation is 1. The van der Waals surface area contributed by atoms with Crippen LogP contribution in [0.25, 0.3) is 0 Å². The Hall–Kier alpha value is -1.09. The number of hydrogen-bond acceptors (Lipinski definition) is 3. The molecule has 2 aromatic rings. The number of aromatic nitrogens is 2. The van der Waals surface area contributed by atoms with Gasteiger partial charge in [-0.15, -0.1) is 0 Å². The largest absolute Gasteiger partial charge is 0.284 e. The van der Waals surface area contributed by atoms with Crippen molar-refractivity contribution in [2.75, 3.05) is 4.72 Å². The quantitative estimate of drug-likeness (QED) is 0.821. The Morgan fingerprint density at radius 1 is 1.41 bits per heavy atom. The molecule has 5 nitrogen and oxygen atoms in total. The van der Waals surface area contributed by atoms with Gasteiger partial charge in [-0.3, -0.25) is 9.82 Å². The molecule has 0 radical (unpaired) electrons. The highest BCUT2D eigenvalue weighted by atomic mass is 127. The van der Waals surface area contributed by atoms with Crippen molar-refractivity contribution in [2.24, 2.45) is 0 Å². The van der Waals surface area contributed by atoms with E-state index in [0.717, 1.165) is 9.13 Å². The number of benzene rings is 1. The molecule has 0 aliphatic heterocycles. The zero-order chi connectivity index (χ0) is 12.5. The van der Waals surface area contributed by atoms with Crippen LogP contribution >= 0.6 is 22.6 Å². The fraction of sp³-hybridized carbons (Fsp3) is 0.100. The van der Waals surface area contributed by atoms with Crippen LogP contribution in [0.3, 0.4) is 0 Å². The fourth-order valence-corrected chi connectivity index (χ4v) is 2.73. The van der Waals surface area contributed by atoms with E-state index in [1.54, 1.807) is 12.1 Å². The molecule has 90 valence electrons. The first-order valence-electron chi connectivity index (χ1n) is 4.77. The van der Waals surface area contributed by atoms with Gasteiger partial charge in [-0.2, -0.15) is 5.10 Å². The summed E-state index contributed by atoms with van der Waals surface area (Å²) < 4.78 is 27.3. The monoisotopic (exact) mass is 363 g/mol. The summed E-state index contributed by atoms with van der Waals surface area (Å²) in [4.78, 5) is 0.119. The summed E-state index contributed by atoms with van der Waals surface area (Å²) in [7, 11) is -3.55. The van der Waals surface area contributed by atoms with Gasteiger partial charge in [0.1, 0.15) is 4.90 Å². The van der Waals surface area contributed by atoms with Crippen LogP contribution in [0, 0.1) is 10.5 Å². The van der Waals surface area contributed by atoms with E-state index in [1.165, 1.54) is 12.4 Å². The van der Waals surface area contributed by atoms with Gasteiger partial charge in [0.2, 0.25) is 0 Å². The standard InChI is InChI=1S/C10H10IN3O2S/c1-7-2-3-8(4-10(7)11)14-17(15,16)9-5-12-13-6-9/h2-6,14H,1H3,(H,12,13). The second-order valence-electron chi connectivity index (χ2n) is 3.50. The predicted molar refractivity (Wildman–Crippen MR) is 73.3 cm³/mol. The molecule has 0 aliphatic rings. The van der Waals surface area contributed by atoms with Gasteiger partial charge in [-0.05, 0) is 47.2 Å². The normalized spacial score (nSPS) is 11.4. The van der Waals surface area contributed by atoms with Crippen LogP contribution in [-0.2, 0) is 10.0 Å². The minimum absolute atomic E-state index is 0.119. The van der Waals surface area contributed by atoms with Crippen LogP contribution in [-0.4, -0.2) is 18.6 Å². The number of nitrogens with one attached hydrogen (secondary N) is 2. The third-order valence-corrected chi connectivity index (χ3v) is 4.72. The van der Waals surface area contributed by atoms with Crippen LogP contribution in [0.15, 0.2) is 35.5 Å². The summed E-state index contributed by atoms with van der Waals surface area (Å²) >= 11 is 2.16. The van der Waals surface area contributed by atoms with Gasteiger partial charge < -0.3 is 0 Å². The minimum Gasteiger partial charge on any atom is -0.284 e. The highest BCUT2D eigenvalue weighted by Gasteiger charge is 2.15. The number of sulfonamides is 1. The Morgan fingerprint density at radius 2 is 2.18 bits per heavy atom. The minimum atomic E-state index is -3.55. The Kier molecular flexibility index (Phi) is 3.38. The van der Waals surface area contributed by atoms with E-state index in [1.807, 2.05) is 13.0 Å². The first kappa shape index (κ1) is 12.4. The Bertz CT molecular complexity index is 623. The number of anilines is 1. The van der Waals surface area contributed by atoms with Crippen molar-refractivity contribution >= 4 is 38.3 Å². The molecule has 2 N–H and O–H groups in total. The molecule has 7 heteroatoms. The zero-order valence-electron chi connectivity index (χ0n) is 8.94. The summed E-state index contributed by atoms with van der Waals surface area (Å²) in [5.41, 5.74) is 1.65. The smallest absolute Gasteiger partial charge is 0.265 e. The Morgan fingerprint density at radius 3 is 2.76 bits per heavy atom. The van der Waals surface area contributed by atoms with Gasteiger partial charge in [0.15, 0.2) is 0 Å². The number of rotatable bonds is 3. The lowest BCUT2D eigenvalue weighted by atomic mass is 10.2. The molecule has 0 unspecified atom stereocenters. The van der Waals surface area contributed by atoms with Crippen LogP contribution in [0.5, 0.6) is 0 Å². The summed E-state index contributed by atoms with van der Waals surface area (Å²) in [6.45, 7) is 1.97. The van der Waals surface area contributed by atoms with Crippen molar-refractivity contribution in [3.05, 3.63) is 39.7 Å². The van der Waals surface area contributed by atoms with Gasteiger partial charge in [0, 0.05) is 15.5 Å². The number of H-pyrrole nitrogens is 1. The first-order valence-corrected chi connectivity index (χ1v) is 7.33. The van der Waals surface area contributed by atoms with Gasteiger partial charge in [-0.1, -0.05) is 6.07 Å². The van der Waals surface area contributed by atoms with E-state index in [2.05, 4.69) is 37.5 Å². The maximum absolute atomic E-state index is 11.9. The van der Waals surface area contributed by atoms with Gasteiger partial charge in [0.25, 0.3) is 10.0 Å². The van der Waals surface area contributed by atoms with Crippen molar-refractivity contribution in [2.45, 2.75) is 11.8 Å². The molecular formula is C10H10IN3O2S. The first-order chi connectivity index (χ1) is 7.99. The summed E-state index contributed by atoms with van der Waals surface area (Å²) in [6.07, 6.45) is 2.60. The molecule has 0 saturated carbocycles. The molecule has 1 aromatic carbocycles. The maximum atomic E-state index is 11.9. The molecule has 1 aromatic heterocycles. The molecule has 0 amide bonds. The topological polar surface area (TPSA) is 74.8 Å². The SMILES string of the molecule is Cc1ccc(NS(=O)(=O)c2cn[nH]c2)cc1I. The summed E-state index contributed by atoms with van der Waals surface area (Å²) in [5, 5.41) is 6.09. The zero-order valence-corrected chi connectivity index (χ0v) is 11.9. The van der Waals surface area contributed by atoms with Crippen LogP contribution in [0.1, 0.15) is 5.56 Å². The van der Waals surface area contributed by atoms with Gasteiger partial charge in [0.05, 0.1) is 6.20 Å². The van der Waals surface area contributed by atoms with Crippen molar-refractivity contribution in [1.29, 1.82) is 0 Å². The van der Waals surface area contributed by atoms with E-state index >= 15 is 0 Å². The third kappa shape index (κ3) is 2.78. The molecular weight excluding hydrogens is 353 g/mol. The number of halogens is 1. The molecule has 2 rings (SSSR count). The van der Waals surface area contributed by atoms with Crippen molar-refractivity contribution in [1.82, 2.24) is 10.2 Å². The maximum Gasteiger partial charge on any atom is 0.265 e. The Balaban J connectivity index is 2.30. The lowest BCUT2D eigenvalue weighted by Crippen LogP contribution is -2.12. The Labute approximate surface area is 113 Å². The molecule has 0 aliphatic carbocycles. The molecule has 1 heterocycles. The predicted octanol–water partition coefficient (Wildman–Crippen LogP) is 2.12. The summed E-state index contributed by atoms with van der Waals surface area (Å²) in [5.74, 6) is 0. The van der Waals surface area contributed by atoms with E-state index in [-0.39, 0.29) is 4.90 Å². The molecule has 17 heavy (non-hydrogen) atoms. The van der Waals surface area contributed by atoms with Crippen LogP contribution in [0.2, 0.25) is 0 Å². The van der Waals surface area contributed by atoms with E-state index < -0.39 is 10.0 Å². The number of hydrogen-bond donors (Lipinski definition) is 2. The molecule has 0 fully saturated rings. The lowest BCUT2D eigenvalue weighted by Gasteiger charge is -2.07. The summed E-state index contributed by atoms with van der Waals surface area (Å²) in [6, 6.07) is 5.39. The second-order valence-corrected chi connectivity index (χ2v) is 6.35. The average Bonchev–Trinajstić information content (AvgIpc) is 2.77. The average molecular weight is 363 g/mol. The van der Waals surface area contributed by atoms with E-state index in [0.29, 0.717) is 5.69 Å². The fourth-order valence-electron chi connectivity index (χ4n) is 1.26. The lowest BCUT2D eigenvalue weighted by molar-refractivity contribution is 0.601. The molecule has 0 atom stereocenters. The van der Waals surface area contributed by atoms with E-state index in [4.69, 9.17) is 0 Å². The van der Waals surface area contributed by atoms with Crippen LogP contribution in [0.4, 0.5) is 5.69 Å². The van der Waals surface area contributed by atoms with E-state index in [9.17, 15) is 8.42 Å². The van der Waals surface area contributed by atoms with Crippen molar-refractivity contribution in [3.63, 3.8) is 0 Å². The molecule has 0 spiro atoms. The second kappa shape index (κ2) is 4.65. The van der Waals surface area contributed by atoms with Gasteiger partial charge in [-0.25, -0.2) is 8.42 Å². The van der Waals surface area contributed by atoms with Crippen molar-refractivity contribution in [3.8, 4) is 0 Å².